The van der Waals surface area contributed by atoms with Crippen LogP contribution in [-0.4, -0.2) is 44.4 Å². The highest BCUT2D eigenvalue weighted by Gasteiger charge is 2.35. The third-order valence-electron chi connectivity index (χ3n) is 6.72. The van der Waals surface area contributed by atoms with E-state index in [1.54, 1.807) is 68.5 Å². The summed E-state index contributed by atoms with van der Waals surface area (Å²) in [5.74, 6) is 0.911. The number of carbonyl (C=O) groups excluding carboxylic acids is 2. The Morgan fingerprint density at radius 1 is 1.05 bits per heavy atom. The average Bonchev–Trinajstić information content (AvgIpc) is 3.59. The lowest BCUT2D eigenvalue weighted by Gasteiger charge is -2.26. The Morgan fingerprint density at radius 3 is 2.57 bits per heavy atom. The van der Waals surface area contributed by atoms with Gasteiger partial charge in [0.2, 0.25) is 0 Å². The van der Waals surface area contributed by atoms with Crippen LogP contribution in [0.4, 0.5) is 0 Å². The number of carbonyl (C=O) groups is 2. The van der Waals surface area contributed by atoms with Crippen molar-refractivity contribution in [2.24, 2.45) is 4.99 Å². The van der Waals surface area contributed by atoms with Crippen molar-refractivity contribution in [1.29, 1.82) is 0 Å². The second-order valence-corrected chi connectivity index (χ2v) is 10.2. The predicted octanol–water partition coefficient (Wildman–Crippen LogP) is 3.86. The Labute approximate surface area is 244 Å². The molecule has 216 valence electrons. The molecule has 0 amide bonds. The molecule has 5 rings (SSSR count). The number of thiazole rings is 1. The van der Waals surface area contributed by atoms with E-state index in [0.717, 1.165) is 0 Å². The van der Waals surface area contributed by atoms with Gasteiger partial charge in [0, 0.05) is 17.2 Å². The Kier molecular flexibility index (Phi) is 8.12. The van der Waals surface area contributed by atoms with Gasteiger partial charge in [-0.2, -0.15) is 0 Å². The smallest absolute Gasteiger partial charge is 0.338 e. The molecule has 3 heterocycles. The third-order valence-corrected chi connectivity index (χ3v) is 7.70. The molecule has 0 fully saturated rings. The standard InChI is InChI=1S/C31H28N2O8S/c1-6-40-30(36)26-17(2)32-31-33(27(26)22-15-20(37-3)10-13-24(22)38-4)28(34)25(42-31)16-21-11-12-23(41-21)18-8-7-9-19(14-18)29(35)39-5/h7-16,27H,6H2,1-5H3/b25-16-. The molecule has 1 unspecified atom stereocenters. The first kappa shape index (κ1) is 28.6. The van der Waals surface area contributed by atoms with Crippen molar-refractivity contribution in [3.05, 3.63) is 102 Å². The van der Waals surface area contributed by atoms with Crippen LogP contribution in [0, 0.1) is 0 Å². The monoisotopic (exact) mass is 588 g/mol. The number of nitrogens with zero attached hydrogens (tertiary/aromatic N) is 2. The van der Waals surface area contributed by atoms with Gasteiger partial charge in [-0.05, 0) is 56.3 Å². The highest BCUT2D eigenvalue weighted by Crippen LogP contribution is 2.37. The first-order valence-corrected chi connectivity index (χ1v) is 13.8. The van der Waals surface area contributed by atoms with Gasteiger partial charge in [0.25, 0.3) is 5.56 Å². The predicted molar refractivity (Wildman–Crippen MR) is 155 cm³/mol. The van der Waals surface area contributed by atoms with Gasteiger partial charge in [-0.15, -0.1) is 0 Å². The molecule has 0 saturated carbocycles. The number of methoxy groups -OCH3 is 3. The highest BCUT2D eigenvalue weighted by atomic mass is 32.1. The first-order valence-electron chi connectivity index (χ1n) is 13.0. The number of allylic oxidation sites excluding steroid dienone is 1. The second kappa shape index (κ2) is 11.9. The van der Waals surface area contributed by atoms with E-state index in [9.17, 15) is 14.4 Å². The third kappa shape index (κ3) is 5.26. The number of hydrogen-bond acceptors (Lipinski definition) is 10. The number of ether oxygens (including phenoxy) is 4. The maximum atomic E-state index is 14.0. The Balaban J connectivity index is 1.65. The van der Waals surface area contributed by atoms with Gasteiger partial charge in [-0.1, -0.05) is 23.5 Å². The topological polar surface area (TPSA) is 119 Å². The second-order valence-electron chi connectivity index (χ2n) is 9.18. The van der Waals surface area contributed by atoms with Crippen LogP contribution in [0.3, 0.4) is 0 Å². The molecule has 0 aliphatic carbocycles. The van der Waals surface area contributed by atoms with Crippen molar-refractivity contribution in [2.45, 2.75) is 19.9 Å². The summed E-state index contributed by atoms with van der Waals surface area (Å²) in [5.41, 5.74) is 1.91. The van der Waals surface area contributed by atoms with Crippen LogP contribution in [0.1, 0.15) is 41.6 Å². The quantitative estimate of drug-likeness (QED) is 0.285. The normalized spacial score (nSPS) is 14.7. The van der Waals surface area contributed by atoms with Gasteiger partial charge < -0.3 is 23.4 Å². The summed E-state index contributed by atoms with van der Waals surface area (Å²) in [6, 6.07) is 14.7. The number of esters is 2. The van der Waals surface area contributed by atoms with E-state index in [1.165, 1.54) is 37.2 Å². The molecule has 0 radical (unpaired) electrons. The van der Waals surface area contributed by atoms with E-state index < -0.39 is 18.0 Å². The van der Waals surface area contributed by atoms with Gasteiger partial charge >= 0.3 is 11.9 Å². The minimum Gasteiger partial charge on any atom is -0.497 e. The molecule has 4 aromatic rings. The number of hydrogen-bond donors (Lipinski definition) is 0. The maximum Gasteiger partial charge on any atom is 0.338 e. The maximum absolute atomic E-state index is 14.0. The molecule has 2 aromatic carbocycles. The number of furan rings is 1. The van der Waals surface area contributed by atoms with E-state index in [1.807, 2.05) is 6.07 Å². The molecule has 2 aromatic heterocycles. The fourth-order valence-corrected chi connectivity index (χ4v) is 5.80. The van der Waals surface area contributed by atoms with Crippen molar-refractivity contribution < 1.29 is 33.0 Å². The minimum atomic E-state index is -0.874. The van der Waals surface area contributed by atoms with Crippen LogP contribution in [0.2, 0.25) is 0 Å². The molecule has 42 heavy (non-hydrogen) atoms. The highest BCUT2D eigenvalue weighted by molar-refractivity contribution is 7.07. The molecule has 0 bridgehead atoms. The van der Waals surface area contributed by atoms with E-state index in [2.05, 4.69) is 4.99 Å². The van der Waals surface area contributed by atoms with Crippen LogP contribution < -0.4 is 24.4 Å². The fourth-order valence-electron chi connectivity index (χ4n) is 4.77. The van der Waals surface area contributed by atoms with Crippen molar-refractivity contribution in [3.63, 3.8) is 0 Å². The van der Waals surface area contributed by atoms with Crippen LogP contribution in [0.5, 0.6) is 11.5 Å². The Bertz CT molecular complexity index is 1900. The largest absolute Gasteiger partial charge is 0.497 e. The Morgan fingerprint density at radius 2 is 1.86 bits per heavy atom. The van der Waals surface area contributed by atoms with Gasteiger partial charge in [0.15, 0.2) is 4.80 Å². The summed E-state index contributed by atoms with van der Waals surface area (Å²) < 4.78 is 29.1. The molecule has 0 spiro atoms. The van der Waals surface area contributed by atoms with E-state index in [-0.39, 0.29) is 17.7 Å². The van der Waals surface area contributed by atoms with Crippen LogP contribution in [0.25, 0.3) is 17.4 Å². The molecule has 10 nitrogen and oxygen atoms in total. The van der Waals surface area contributed by atoms with Gasteiger partial charge in [0.05, 0.1) is 49.3 Å². The lowest BCUT2D eigenvalue weighted by Crippen LogP contribution is -2.40. The summed E-state index contributed by atoms with van der Waals surface area (Å²) in [6.45, 7) is 3.59. The van der Waals surface area contributed by atoms with Crippen LogP contribution >= 0.6 is 11.3 Å². The summed E-state index contributed by atoms with van der Waals surface area (Å²) in [6.07, 6.45) is 1.63. The number of benzene rings is 2. The van der Waals surface area contributed by atoms with E-state index in [4.69, 9.17) is 23.4 Å². The molecule has 11 heteroatoms. The summed E-state index contributed by atoms with van der Waals surface area (Å²) in [4.78, 5) is 44.1. The van der Waals surface area contributed by atoms with Crippen LogP contribution in [-0.2, 0) is 14.3 Å². The average molecular weight is 589 g/mol. The molecule has 1 atom stereocenters. The first-order chi connectivity index (χ1) is 20.3. The molecule has 0 N–H and O–H groups in total. The van der Waals surface area contributed by atoms with Crippen molar-refractivity contribution in [3.8, 4) is 22.8 Å². The zero-order valence-corrected chi connectivity index (χ0v) is 24.4. The van der Waals surface area contributed by atoms with Crippen molar-refractivity contribution in [2.75, 3.05) is 27.9 Å². The van der Waals surface area contributed by atoms with Crippen LogP contribution in [0.15, 0.2) is 80.1 Å². The van der Waals surface area contributed by atoms with Gasteiger partial charge in [-0.3, -0.25) is 9.36 Å². The number of fused-ring (bicyclic) bond motifs is 1. The number of rotatable bonds is 8. The zero-order chi connectivity index (χ0) is 30.0. The van der Waals surface area contributed by atoms with Gasteiger partial charge in [0.1, 0.15) is 29.1 Å². The summed E-state index contributed by atoms with van der Waals surface area (Å²) >= 11 is 1.17. The number of aromatic nitrogens is 1. The molecular formula is C31H28N2O8S. The Hall–Kier alpha value is -4.90. The van der Waals surface area contributed by atoms with Crippen molar-refractivity contribution in [1.82, 2.24) is 4.57 Å². The van der Waals surface area contributed by atoms with Crippen molar-refractivity contribution >= 4 is 29.4 Å². The SMILES string of the molecule is CCOC(=O)C1=C(C)N=c2s/c(=C\c3ccc(-c4cccc(C(=O)OC)c4)o3)c(=O)n2C1c1cc(OC)ccc1OC. The molecule has 0 saturated heterocycles. The zero-order valence-electron chi connectivity index (χ0n) is 23.6. The van der Waals surface area contributed by atoms with E-state index >= 15 is 0 Å². The molecular weight excluding hydrogens is 560 g/mol. The lowest BCUT2D eigenvalue weighted by molar-refractivity contribution is -0.139. The summed E-state index contributed by atoms with van der Waals surface area (Å²) in [5, 5.41) is 0. The fraction of sp³-hybridized carbons (Fsp3) is 0.226. The summed E-state index contributed by atoms with van der Waals surface area (Å²) in [7, 11) is 4.38. The molecule has 1 aliphatic rings. The molecule has 1 aliphatic heterocycles. The lowest BCUT2D eigenvalue weighted by atomic mass is 9.95. The van der Waals surface area contributed by atoms with E-state index in [0.29, 0.717) is 54.7 Å². The van der Waals surface area contributed by atoms with Gasteiger partial charge in [-0.25, -0.2) is 14.6 Å². The minimum absolute atomic E-state index is 0.158.